The topological polar surface area (TPSA) is 66.6 Å². The highest BCUT2D eigenvalue weighted by molar-refractivity contribution is 5.65. The molecule has 0 atom stereocenters. The van der Waals surface area contributed by atoms with Gasteiger partial charge in [0.2, 0.25) is 0 Å². The van der Waals surface area contributed by atoms with E-state index in [-0.39, 0.29) is 17.2 Å². The molecule has 1 aromatic rings. The fourth-order valence-electron chi connectivity index (χ4n) is 2.32. The Hall–Kier alpha value is -1.62. The minimum Gasteiger partial charge on any atom is -0.395 e. The zero-order valence-electron chi connectivity index (χ0n) is 10.5. The maximum atomic E-state index is 11.1. The van der Waals surface area contributed by atoms with Crippen LogP contribution < -0.4 is 4.90 Å². The summed E-state index contributed by atoms with van der Waals surface area (Å²) in [4.78, 5) is 12.7. The van der Waals surface area contributed by atoms with E-state index in [1.165, 1.54) is 0 Å². The van der Waals surface area contributed by atoms with Gasteiger partial charge < -0.3 is 10.0 Å². The van der Waals surface area contributed by atoms with E-state index in [0.29, 0.717) is 18.3 Å². The van der Waals surface area contributed by atoms with Crippen molar-refractivity contribution in [2.24, 2.45) is 0 Å². The van der Waals surface area contributed by atoms with Crippen molar-refractivity contribution >= 4 is 11.4 Å². The Labute approximate surface area is 106 Å². The molecule has 1 saturated carbocycles. The highest BCUT2D eigenvalue weighted by Crippen LogP contribution is 2.35. The second kappa shape index (κ2) is 5.35. The lowest BCUT2D eigenvalue weighted by atomic mass is 9.90. The van der Waals surface area contributed by atoms with E-state index in [2.05, 4.69) is 0 Å². The van der Waals surface area contributed by atoms with Crippen LogP contribution in [-0.2, 0) is 0 Å². The maximum absolute atomic E-state index is 11.1. The SMILES string of the molecule is Cc1ccc([N+](=O)[O-])c(N(CCO)C2CCC2)c1. The molecule has 5 nitrogen and oxygen atoms in total. The molecule has 2 rings (SSSR count). The number of hydrogen-bond donors (Lipinski definition) is 1. The molecule has 1 fully saturated rings. The molecule has 18 heavy (non-hydrogen) atoms. The van der Waals surface area contributed by atoms with Gasteiger partial charge in [-0.15, -0.1) is 0 Å². The van der Waals surface area contributed by atoms with Crippen LogP contribution in [0.25, 0.3) is 0 Å². The van der Waals surface area contributed by atoms with Gasteiger partial charge in [-0.3, -0.25) is 10.1 Å². The van der Waals surface area contributed by atoms with Crippen molar-refractivity contribution in [3.63, 3.8) is 0 Å². The number of nitro benzene ring substituents is 1. The van der Waals surface area contributed by atoms with Crippen molar-refractivity contribution in [1.29, 1.82) is 0 Å². The molecule has 0 bridgehead atoms. The third-order valence-corrected chi connectivity index (χ3v) is 3.49. The average Bonchev–Trinajstić information content (AvgIpc) is 2.25. The summed E-state index contributed by atoms with van der Waals surface area (Å²) < 4.78 is 0. The summed E-state index contributed by atoms with van der Waals surface area (Å²) >= 11 is 0. The highest BCUT2D eigenvalue weighted by atomic mass is 16.6. The molecule has 98 valence electrons. The Morgan fingerprint density at radius 2 is 2.22 bits per heavy atom. The maximum Gasteiger partial charge on any atom is 0.292 e. The minimum atomic E-state index is -0.349. The van der Waals surface area contributed by atoms with E-state index in [0.717, 1.165) is 24.8 Å². The smallest absolute Gasteiger partial charge is 0.292 e. The molecule has 0 amide bonds. The average molecular weight is 250 g/mol. The van der Waals surface area contributed by atoms with Crippen LogP contribution in [0.3, 0.4) is 0 Å². The molecule has 1 aliphatic rings. The molecule has 0 unspecified atom stereocenters. The second-order valence-electron chi connectivity index (χ2n) is 4.75. The van der Waals surface area contributed by atoms with Crippen LogP contribution in [0.4, 0.5) is 11.4 Å². The molecular weight excluding hydrogens is 232 g/mol. The van der Waals surface area contributed by atoms with Gasteiger partial charge in [0.15, 0.2) is 0 Å². The fourth-order valence-corrected chi connectivity index (χ4v) is 2.32. The Morgan fingerprint density at radius 3 is 2.72 bits per heavy atom. The van der Waals surface area contributed by atoms with Crippen molar-refractivity contribution in [3.8, 4) is 0 Å². The zero-order chi connectivity index (χ0) is 13.1. The van der Waals surface area contributed by atoms with Gasteiger partial charge in [0.25, 0.3) is 5.69 Å². The Kier molecular flexibility index (Phi) is 3.81. The van der Waals surface area contributed by atoms with Gasteiger partial charge in [-0.2, -0.15) is 0 Å². The second-order valence-corrected chi connectivity index (χ2v) is 4.75. The van der Waals surface area contributed by atoms with Crippen molar-refractivity contribution in [1.82, 2.24) is 0 Å². The predicted molar refractivity (Wildman–Crippen MR) is 69.9 cm³/mol. The quantitative estimate of drug-likeness (QED) is 0.643. The van der Waals surface area contributed by atoms with Crippen LogP contribution >= 0.6 is 0 Å². The lowest BCUT2D eigenvalue weighted by Crippen LogP contribution is -2.42. The number of aliphatic hydroxyl groups is 1. The Balaban J connectivity index is 2.37. The molecule has 1 aromatic carbocycles. The third-order valence-electron chi connectivity index (χ3n) is 3.49. The molecule has 1 N–H and O–H groups in total. The highest BCUT2D eigenvalue weighted by Gasteiger charge is 2.29. The Morgan fingerprint density at radius 1 is 1.50 bits per heavy atom. The van der Waals surface area contributed by atoms with Crippen molar-refractivity contribution in [2.45, 2.75) is 32.2 Å². The van der Waals surface area contributed by atoms with Crippen molar-refractivity contribution in [3.05, 3.63) is 33.9 Å². The molecule has 0 saturated heterocycles. The fraction of sp³-hybridized carbons (Fsp3) is 0.538. The first-order valence-electron chi connectivity index (χ1n) is 6.26. The van der Waals surface area contributed by atoms with Crippen LogP contribution in [0.15, 0.2) is 18.2 Å². The van der Waals surface area contributed by atoms with Gasteiger partial charge >= 0.3 is 0 Å². The molecule has 5 heteroatoms. The summed E-state index contributed by atoms with van der Waals surface area (Å²) in [6.45, 7) is 2.39. The first-order chi connectivity index (χ1) is 8.63. The molecule has 0 radical (unpaired) electrons. The van der Waals surface area contributed by atoms with Crippen molar-refractivity contribution < 1.29 is 10.0 Å². The number of nitro groups is 1. The van der Waals surface area contributed by atoms with E-state index < -0.39 is 0 Å². The number of rotatable bonds is 5. The lowest BCUT2D eigenvalue weighted by molar-refractivity contribution is -0.384. The van der Waals surface area contributed by atoms with Gasteiger partial charge in [0.1, 0.15) is 5.69 Å². The van der Waals surface area contributed by atoms with Crippen LogP contribution in [-0.4, -0.2) is 29.2 Å². The van der Waals surface area contributed by atoms with Gasteiger partial charge in [0.05, 0.1) is 11.5 Å². The summed E-state index contributed by atoms with van der Waals surface area (Å²) in [5.41, 5.74) is 1.76. The van der Waals surface area contributed by atoms with E-state index in [1.54, 1.807) is 12.1 Å². The van der Waals surface area contributed by atoms with Gasteiger partial charge in [-0.25, -0.2) is 0 Å². The normalized spacial score (nSPS) is 15.2. The molecule has 0 heterocycles. The van der Waals surface area contributed by atoms with Gasteiger partial charge in [-0.05, 0) is 37.8 Å². The van der Waals surface area contributed by atoms with Crippen LogP contribution in [0, 0.1) is 17.0 Å². The summed E-state index contributed by atoms with van der Waals surface area (Å²) in [6.07, 6.45) is 3.25. The van der Waals surface area contributed by atoms with Crippen LogP contribution in [0.1, 0.15) is 24.8 Å². The number of nitrogens with zero attached hydrogens (tertiary/aromatic N) is 2. The summed E-state index contributed by atoms with van der Waals surface area (Å²) in [5, 5.41) is 20.2. The largest absolute Gasteiger partial charge is 0.395 e. The zero-order valence-corrected chi connectivity index (χ0v) is 10.5. The van der Waals surface area contributed by atoms with E-state index in [9.17, 15) is 10.1 Å². The minimum absolute atomic E-state index is 0.0155. The van der Waals surface area contributed by atoms with Crippen LogP contribution in [0.2, 0.25) is 0 Å². The Bertz CT molecular complexity index is 444. The number of aryl methyl sites for hydroxylation is 1. The van der Waals surface area contributed by atoms with E-state index in [1.807, 2.05) is 17.9 Å². The van der Waals surface area contributed by atoms with Gasteiger partial charge in [-0.1, -0.05) is 6.07 Å². The molecule has 1 aliphatic carbocycles. The summed E-state index contributed by atoms with van der Waals surface area (Å²) in [7, 11) is 0. The van der Waals surface area contributed by atoms with Crippen LogP contribution in [0.5, 0.6) is 0 Å². The molecular formula is C13H18N2O3. The first-order valence-corrected chi connectivity index (χ1v) is 6.26. The van der Waals surface area contributed by atoms with E-state index >= 15 is 0 Å². The number of aliphatic hydroxyl groups excluding tert-OH is 1. The molecule has 0 spiro atoms. The first kappa shape index (κ1) is 12.8. The molecule has 0 aliphatic heterocycles. The molecule has 0 aromatic heterocycles. The standard InChI is InChI=1S/C13H18N2O3/c1-10-5-6-12(15(17)18)13(9-10)14(7-8-16)11-3-2-4-11/h5-6,9,11,16H,2-4,7-8H2,1H3. The number of hydrogen-bond acceptors (Lipinski definition) is 4. The lowest BCUT2D eigenvalue weighted by Gasteiger charge is -2.38. The monoisotopic (exact) mass is 250 g/mol. The summed E-state index contributed by atoms with van der Waals surface area (Å²) in [5.74, 6) is 0. The third kappa shape index (κ3) is 2.46. The number of benzene rings is 1. The van der Waals surface area contributed by atoms with Gasteiger partial charge in [0, 0.05) is 18.7 Å². The number of anilines is 1. The van der Waals surface area contributed by atoms with E-state index in [4.69, 9.17) is 5.11 Å². The summed E-state index contributed by atoms with van der Waals surface area (Å²) in [6, 6.07) is 5.47. The van der Waals surface area contributed by atoms with Crippen molar-refractivity contribution in [2.75, 3.05) is 18.1 Å². The predicted octanol–water partition coefficient (Wildman–Crippen LogP) is 2.25.